The first kappa shape index (κ1) is 30.0. The van der Waals surface area contributed by atoms with Crippen LogP contribution in [0.4, 0.5) is 0 Å². The van der Waals surface area contributed by atoms with Gasteiger partial charge in [-0.3, -0.25) is 14.1 Å². The molecule has 4 N–H and O–H groups in total. The lowest BCUT2D eigenvalue weighted by molar-refractivity contribution is -0.259. The molecule has 0 aromatic heterocycles. The van der Waals surface area contributed by atoms with Crippen LogP contribution < -0.4 is 19.7 Å². The van der Waals surface area contributed by atoms with E-state index < -0.39 is 68.8 Å². The van der Waals surface area contributed by atoms with Crippen molar-refractivity contribution in [2.75, 3.05) is 27.9 Å². The molecule has 1 heterocycles. The van der Waals surface area contributed by atoms with E-state index in [2.05, 4.69) is 10.4 Å². The average molecular weight is 534 g/mol. The summed E-state index contributed by atoms with van der Waals surface area (Å²) in [6, 6.07) is 3.79. The van der Waals surface area contributed by atoms with Gasteiger partial charge in [0.2, 0.25) is 5.91 Å². The highest BCUT2D eigenvalue weighted by molar-refractivity contribution is 7.52. The molecule has 2 rings (SSSR count). The molecule has 13 nitrogen and oxygen atoms in total. The van der Waals surface area contributed by atoms with Gasteiger partial charge < -0.3 is 39.0 Å². The Morgan fingerprint density at radius 3 is 2.22 bits per heavy atom. The second-order valence-corrected chi connectivity index (χ2v) is 10.0. The minimum absolute atomic E-state index is 0.0960. The first-order valence-electron chi connectivity index (χ1n) is 11.2. The van der Waals surface area contributed by atoms with E-state index in [1.807, 2.05) is 0 Å². The Kier molecular flexibility index (Phi) is 11.1. The van der Waals surface area contributed by atoms with Gasteiger partial charge in [-0.25, -0.2) is 4.57 Å². The number of benzene rings is 1. The third-order valence-electron chi connectivity index (χ3n) is 5.42. The van der Waals surface area contributed by atoms with Gasteiger partial charge in [-0.05, 0) is 30.2 Å². The Morgan fingerprint density at radius 1 is 1.14 bits per heavy atom. The second-order valence-electron chi connectivity index (χ2n) is 8.39. The fourth-order valence-corrected chi connectivity index (χ4v) is 5.44. The summed E-state index contributed by atoms with van der Waals surface area (Å²) >= 11 is 0. The second kappa shape index (κ2) is 13.3. The van der Waals surface area contributed by atoms with E-state index in [9.17, 15) is 24.4 Å². The molecule has 14 heteroatoms. The minimum Gasteiger partial charge on any atom is -0.497 e. The summed E-state index contributed by atoms with van der Waals surface area (Å²) in [7, 11) is -0.546. The van der Waals surface area contributed by atoms with Gasteiger partial charge in [0.15, 0.2) is 6.29 Å². The molecule has 36 heavy (non-hydrogen) atoms. The number of rotatable bonds is 12. The number of aliphatic hydroxyl groups is 2. The topological polar surface area (TPSA) is 171 Å². The number of methoxy groups -OCH3 is 3. The molecule has 1 unspecified atom stereocenters. The Labute approximate surface area is 209 Å². The summed E-state index contributed by atoms with van der Waals surface area (Å²) in [5.41, 5.74) is 0. The molecule has 1 amide bonds. The van der Waals surface area contributed by atoms with Crippen LogP contribution >= 0.6 is 7.75 Å². The monoisotopic (exact) mass is 534 g/mol. The molecule has 1 saturated heterocycles. The predicted octanol–water partition coefficient (Wildman–Crippen LogP) is 0.584. The third kappa shape index (κ3) is 7.62. The van der Waals surface area contributed by atoms with Crippen LogP contribution in [-0.4, -0.2) is 86.7 Å². The van der Waals surface area contributed by atoms with Crippen molar-refractivity contribution in [3.63, 3.8) is 0 Å². The highest BCUT2D eigenvalue weighted by atomic mass is 31.2. The Bertz CT molecular complexity index is 914. The van der Waals surface area contributed by atoms with Crippen LogP contribution in [0.2, 0.25) is 0 Å². The lowest BCUT2D eigenvalue weighted by Gasteiger charge is -2.44. The number of nitrogens with one attached hydrogen (secondary N) is 2. The van der Waals surface area contributed by atoms with Crippen molar-refractivity contribution in [1.29, 1.82) is 0 Å². The van der Waals surface area contributed by atoms with Crippen molar-refractivity contribution in [1.82, 2.24) is 10.4 Å². The van der Waals surface area contributed by atoms with Crippen LogP contribution in [0.3, 0.4) is 0 Å². The van der Waals surface area contributed by atoms with Gasteiger partial charge in [0, 0.05) is 14.0 Å². The number of carbonyl (C=O) groups is 2. The van der Waals surface area contributed by atoms with Crippen LogP contribution in [0.25, 0.3) is 0 Å². The molecule has 0 saturated carbocycles. The zero-order valence-electron chi connectivity index (χ0n) is 21.1. The number of esters is 1. The van der Waals surface area contributed by atoms with E-state index in [-0.39, 0.29) is 5.75 Å². The number of aliphatic hydroxyl groups excluding tert-OH is 2. The molecule has 0 aliphatic carbocycles. The van der Waals surface area contributed by atoms with Gasteiger partial charge in [-0.2, -0.15) is 5.09 Å². The molecule has 1 aliphatic rings. The first-order chi connectivity index (χ1) is 17.0. The quantitative estimate of drug-likeness (QED) is 0.218. The average Bonchev–Trinajstić information content (AvgIpc) is 2.84. The van der Waals surface area contributed by atoms with Gasteiger partial charge in [0.05, 0.1) is 20.8 Å². The van der Waals surface area contributed by atoms with E-state index in [0.29, 0.717) is 5.75 Å². The maximum Gasteiger partial charge on any atom is 0.459 e. The van der Waals surface area contributed by atoms with Crippen molar-refractivity contribution in [3.05, 3.63) is 24.3 Å². The minimum atomic E-state index is -4.50. The zero-order valence-corrected chi connectivity index (χ0v) is 22.0. The van der Waals surface area contributed by atoms with Crippen LogP contribution in [0.5, 0.6) is 11.5 Å². The van der Waals surface area contributed by atoms with Gasteiger partial charge in [-0.15, -0.1) is 0 Å². The molecule has 0 radical (unpaired) electrons. The Morgan fingerprint density at radius 2 is 1.75 bits per heavy atom. The molecule has 1 fully saturated rings. The number of ether oxygens (including phenoxy) is 4. The largest absolute Gasteiger partial charge is 0.497 e. The summed E-state index contributed by atoms with van der Waals surface area (Å²) in [6.07, 6.45) is -5.38. The summed E-state index contributed by atoms with van der Waals surface area (Å²) < 4.78 is 46.4. The Balaban J connectivity index is 2.51. The third-order valence-corrected chi connectivity index (χ3v) is 6.99. The molecular formula is C22H35N2O11P. The molecule has 1 aliphatic heterocycles. The summed E-state index contributed by atoms with van der Waals surface area (Å²) in [5.74, 6) is -1.03. The van der Waals surface area contributed by atoms with Crippen LogP contribution in [0.15, 0.2) is 24.3 Å². The van der Waals surface area contributed by atoms with E-state index in [1.54, 1.807) is 26.0 Å². The maximum absolute atomic E-state index is 14.1. The van der Waals surface area contributed by atoms with Crippen LogP contribution in [0, 0.1) is 5.92 Å². The van der Waals surface area contributed by atoms with Gasteiger partial charge >= 0.3 is 13.7 Å². The van der Waals surface area contributed by atoms with E-state index >= 15 is 0 Å². The summed E-state index contributed by atoms with van der Waals surface area (Å²) in [4.78, 5) is 24.3. The van der Waals surface area contributed by atoms with Crippen molar-refractivity contribution >= 4 is 19.6 Å². The SMILES string of the molecule is COC(=O)[C@@H](NP(=O)(Oc1ccc(OC)cc1)O[C@H]1[C@H](O)[C@@H](CO)O[C@H](OC)[C@@H]1NC(C)=O)C(C)C. The molecule has 7 atom stereocenters. The molecule has 0 spiro atoms. The smallest absolute Gasteiger partial charge is 0.459 e. The molecule has 0 bridgehead atoms. The van der Waals surface area contributed by atoms with Gasteiger partial charge in [-0.1, -0.05) is 13.8 Å². The summed E-state index contributed by atoms with van der Waals surface area (Å²) in [5, 5.41) is 25.7. The lowest BCUT2D eigenvalue weighted by atomic mass is 9.97. The molecule has 1 aromatic rings. The molecular weight excluding hydrogens is 499 g/mol. The number of carbonyl (C=O) groups excluding carboxylic acids is 2. The van der Waals surface area contributed by atoms with Crippen molar-refractivity contribution in [3.8, 4) is 11.5 Å². The fraction of sp³-hybridized carbons (Fsp3) is 0.636. The molecule has 1 aromatic carbocycles. The van der Waals surface area contributed by atoms with Gasteiger partial charge in [0.1, 0.15) is 41.9 Å². The van der Waals surface area contributed by atoms with Crippen molar-refractivity contribution in [2.24, 2.45) is 5.92 Å². The van der Waals surface area contributed by atoms with Gasteiger partial charge in [0.25, 0.3) is 0 Å². The van der Waals surface area contributed by atoms with Crippen molar-refractivity contribution < 1.29 is 52.4 Å². The number of amides is 1. The standard InChI is InChI=1S/C22H35N2O11P/c1-12(2)17(21(28)31-5)24-36(29,34-15-9-7-14(30-4)8-10-15)35-20-18(23-13(3)26)22(32-6)33-16(11-25)19(20)27/h7-10,12,16-20,22,25,27H,11H2,1-6H3,(H,23,26)(H,24,29)/t16-,17+,18-,19-,20-,22+,36?/m1/s1. The first-order valence-corrected chi connectivity index (χ1v) is 12.7. The fourth-order valence-electron chi connectivity index (χ4n) is 3.57. The predicted molar refractivity (Wildman–Crippen MR) is 126 cm³/mol. The van der Waals surface area contributed by atoms with Crippen molar-refractivity contribution in [2.45, 2.75) is 57.5 Å². The highest BCUT2D eigenvalue weighted by Gasteiger charge is 2.51. The van der Waals surface area contributed by atoms with E-state index in [1.165, 1.54) is 40.4 Å². The maximum atomic E-state index is 14.1. The van der Waals surface area contributed by atoms with E-state index in [4.69, 9.17) is 28.0 Å². The van der Waals surface area contributed by atoms with Crippen LogP contribution in [0.1, 0.15) is 20.8 Å². The zero-order chi connectivity index (χ0) is 27.0. The summed E-state index contributed by atoms with van der Waals surface area (Å²) in [6.45, 7) is 3.99. The number of hydrogen-bond acceptors (Lipinski definition) is 11. The number of hydrogen-bond donors (Lipinski definition) is 4. The van der Waals surface area contributed by atoms with Crippen LogP contribution in [-0.2, 0) is 32.9 Å². The normalized spacial score (nSPS) is 26.5. The Hall–Kier alpha value is -2.25. The van der Waals surface area contributed by atoms with E-state index in [0.717, 1.165) is 0 Å². The molecule has 204 valence electrons. The highest BCUT2D eigenvalue weighted by Crippen LogP contribution is 2.49. The lowest BCUT2D eigenvalue weighted by Crippen LogP contribution is -2.65.